The Labute approximate surface area is 159 Å². The monoisotopic (exact) mass is 410 g/mol. The second kappa shape index (κ2) is 8.03. The molecule has 0 aromatic heterocycles. The second-order valence-corrected chi connectivity index (χ2v) is 7.89. The van der Waals surface area contributed by atoms with Gasteiger partial charge in [-0.2, -0.15) is 0 Å². The molecule has 2 N–H and O–H groups in total. The van der Waals surface area contributed by atoms with Crippen LogP contribution in [0.1, 0.15) is 23.2 Å². The van der Waals surface area contributed by atoms with Crippen LogP contribution in [0, 0.1) is 11.6 Å². The molecule has 2 aromatic rings. The van der Waals surface area contributed by atoms with Crippen molar-refractivity contribution >= 4 is 27.6 Å². The zero-order valence-corrected chi connectivity index (χ0v) is 15.3. The fourth-order valence-electron chi connectivity index (χ4n) is 2.24. The predicted octanol–water partition coefficient (Wildman–Crippen LogP) is 2.20. The van der Waals surface area contributed by atoms with Crippen LogP contribution in [0.25, 0.3) is 0 Å². The number of rotatable bonds is 7. The van der Waals surface area contributed by atoms with Crippen molar-refractivity contribution in [1.29, 1.82) is 0 Å². The Balaban J connectivity index is 1.54. The van der Waals surface area contributed by atoms with E-state index in [4.69, 9.17) is 4.74 Å². The fraction of sp³-hybridized carbons (Fsp3) is 0.222. The van der Waals surface area contributed by atoms with Crippen molar-refractivity contribution in [2.75, 3.05) is 11.9 Å². The molecule has 0 bridgehead atoms. The van der Waals surface area contributed by atoms with Gasteiger partial charge in [0, 0.05) is 17.8 Å². The van der Waals surface area contributed by atoms with E-state index < -0.39 is 40.1 Å². The minimum absolute atomic E-state index is 0.0117. The van der Waals surface area contributed by atoms with E-state index in [2.05, 4.69) is 10.0 Å². The number of esters is 1. The smallest absolute Gasteiger partial charge is 0.338 e. The molecular formula is C18H16F2N2O5S. The summed E-state index contributed by atoms with van der Waals surface area (Å²) < 4.78 is 57.4. The summed E-state index contributed by atoms with van der Waals surface area (Å²) in [6.45, 7) is -0.652. The van der Waals surface area contributed by atoms with E-state index in [1.807, 2.05) is 0 Å². The van der Waals surface area contributed by atoms with Gasteiger partial charge in [0.05, 0.1) is 10.5 Å². The minimum atomic E-state index is -3.63. The fourth-order valence-corrected chi connectivity index (χ4v) is 3.55. The molecule has 7 nitrogen and oxygen atoms in total. The molecule has 0 heterocycles. The third-order valence-electron chi connectivity index (χ3n) is 3.84. The van der Waals surface area contributed by atoms with E-state index in [9.17, 15) is 26.8 Å². The molecule has 0 unspecified atom stereocenters. The normalized spacial score (nSPS) is 13.8. The van der Waals surface area contributed by atoms with Crippen molar-refractivity contribution in [2.45, 2.75) is 23.8 Å². The highest BCUT2D eigenvalue weighted by molar-refractivity contribution is 7.89. The number of anilines is 1. The lowest BCUT2D eigenvalue weighted by atomic mass is 10.2. The van der Waals surface area contributed by atoms with Crippen molar-refractivity contribution in [1.82, 2.24) is 4.72 Å². The molecule has 0 atom stereocenters. The van der Waals surface area contributed by atoms with E-state index >= 15 is 0 Å². The number of halogens is 2. The van der Waals surface area contributed by atoms with Crippen LogP contribution in [0.15, 0.2) is 47.4 Å². The van der Waals surface area contributed by atoms with Crippen molar-refractivity contribution in [2.24, 2.45) is 0 Å². The van der Waals surface area contributed by atoms with Gasteiger partial charge in [-0.05, 0) is 49.2 Å². The second-order valence-electron chi connectivity index (χ2n) is 6.17. The predicted molar refractivity (Wildman–Crippen MR) is 95.1 cm³/mol. The number of benzene rings is 2. The first-order valence-electron chi connectivity index (χ1n) is 8.29. The van der Waals surface area contributed by atoms with Crippen molar-refractivity contribution in [3.8, 4) is 0 Å². The average Bonchev–Trinajstić information content (AvgIpc) is 3.46. The van der Waals surface area contributed by atoms with Gasteiger partial charge in [-0.15, -0.1) is 0 Å². The maximum Gasteiger partial charge on any atom is 0.338 e. The summed E-state index contributed by atoms with van der Waals surface area (Å²) in [4.78, 5) is 23.7. The number of hydrogen-bond acceptors (Lipinski definition) is 5. The molecule has 1 amide bonds. The van der Waals surface area contributed by atoms with Gasteiger partial charge in [0.25, 0.3) is 5.91 Å². The summed E-state index contributed by atoms with van der Waals surface area (Å²) in [5, 5.41) is 2.26. The molecule has 2 aromatic carbocycles. The van der Waals surface area contributed by atoms with Gasteiger partial charge < -0.3 is 10.1 Å². The molecule has 1 saturated carbocycles. The molecule has 1 fully saturated rings. The van der Waals surface area contributed by atoms with Crippen LogP contribution in [-0.2, 0) is 19.6 Å². The number of amides is 1. The highest BCUT2D eigenvalue weighted by Crippen LogP contribution is 2.22. The summed E-state index contributed by atoms with van der Waals surface area (Å²) in [5.41, 5.74) is 0.0728. The van der Waals surface area contributed by atoms with Gasteiger partial charge in [0.1, 0.15) is 0 Å². The molecule has 10 heteroatoms. The highest BCUT2D eigenvalue weighted by atomic mass is 32.2. The highest BCUT2D eigenvalue weighted by Gasteiger charge is 2.28. The molecule has 148 valence electrons. The average molecular weight is 410 g/mol. The largest absolute Gasteiger partial charge is 0.452 e. The van der Waals surface area contributed by atoms with Crippen LogP contribution >= 0.6 is 0 Å². The lowest BCUT2D eigenvalue weighted by Gasteiger charge is -2.08. The number of hydrogen-bond donors (Lipinski definition) is 2. The maximum atomic E-state index is 13.1. The van der Waals surface area contributed by atoms with Crippen LogP contribution in [0.4, 0.5) is 14.5 Å². The standard InChI is InChI=1S/C18H16F2N2O5S/c19-15-8-5-13(9-16(15)20)21-17(23)10-27-18(24)11-1-6-14(7-2-11)28(25,26)22-12-3-4-12/h1-2,5-9,12,22H,3-4,10H2,(H,21,23). The Kier molecular flexibility index (Phi) is 5.71. The molecule has 0 aliphatic heterocycles. The van der Waals surface area contributed by atoms with Gasteiger partial charge in [-0.3, -0.25) is 4.79 Å². The summed E-state index contributed by atoms with van der Waals surface area (Å²) in [5.74, 6) is -3.75. The molecule has 0 radical (unpaired) electrons. The quantitative estimate of drug-likeness (QED) is 0.682. The zero-order chi connectivity index (χ0) is 20.3. The molecule has 3 rings (SSSR count). The molecule has 1 aliphatic carbocycles. The SMILES string of the molecule is O=C(COC(=O)c1ccc(S(=O)(=O)NC2CC2)cc1)Nc1ccc(F)c(F)c1. The van der Waals surface area contributed by atoms with E-state index in [1.54, 1.807) is 0 Å². The minimum Gasteiger partial charge on any atom is -0.452 e. The number of nitrogens with one attached hydrogen (secondary N) is 2. The third kappa shape index (κ3) is 5.11. The molecule has 28 heavy (non-hydrogen) atoms. The number of carbonyl (C=O) groups excluding carboxylic acids is 2. The van der Waals surface area contributed by atoms with Crippen LogP contribution < -0.4 is 10.0 Å². The van der Waals surface area contributed by atoms with Gasteiger partial charge in [0.15, 0.2) is 18.2 Å². The van der Waals surface area contributed by atoms with E-state index in [0.29, 0.717) is 0 Å². The topological polar surface area (TPSA) is 102 Å². The summed E-state index contributed by atoms with van der Waals surface area (Å²) in [6, 6.07) is 7.85. The summed E-state index contributed by atoms with van der Waals surface area (Å²) in [7, 11) is -3.63. The number of ether oxygens (including phenoxy) is 1. The Morgan fingerprint density at radius 3 is 2.32 bits per heavy atom. The third-order valence-corrected chi connectivity index (χ3v) is 5.37. The van der Waals surface area contributed by atoms with Crippen molar-refractivity contribution in [3.05, 3.63) is 59.7 Å². The van der Waals surface area contributed by atoms with Crippen molar-refractivity contribution in [3.63, 3.8) is 0 Å². The Bertz CT molecular complexity index is 1010. The van der Waals surface area contributed by atoms with E-state index in [-0.39, 0.29) is 22.2 Å². The first kappa shape index (κ1) is 19.9. The Morgan fingerprint density at radius 2 is 1.71 bits per heavy atom. The Morgan fingerprint density at radius 1 is 1.04 bits per heavy atom. The maximum absolute atomic E-state index is 13.1. The van der Waals surface area contributed by atoms with E-state index in [1.165, 1.54) is 24.3 Å². The zero-order valence-electron chi connectivity index (χ0n) is 14.4. The van der Waals surface area contributed by atoms with Crippen LogP contribution in [0.2, 0.25) is 0 Å². The summed E-state index contributed by atoms with van der Waals surface area (Å²) >= 11 is 0. The molecule has 0 spiro atoms. The number of carbonyl (C=O) groups is 2. The molecule has 1 aliphatic rings. The summed E-state index contributed by atoms with van der Waals surface area (Å²) in [6.07, 6.45) is 1.60. The van der Waals surface area contributed by atoms with Gasteiger partial charge in [-0.1, -0.05) is 0 Å². The van der Waals surface area contributed by atoms with Crippen LogP contribution in [0.3, 0.4) is 0 Å². The first-order valence-corrected chi connectivity index (χ1v) is 9.77. The first-order chi connectivity index (χ1) is 13.2. The van der Waals surface area contributed by atoms with Crippen molar-refractivity contribution < 1.29 is 31.5 Å². The molecule has 0 saturated heterocycles. The van der Waals surface area contributed by atoms with Gasteiger partial charge in [-0.25, -0.2) is 26.7 Å². The van der Waals surface area contributed by atoms with Crippen LogP contribution in [0.5, 0.6) is 0 Å². The van der Waals surface area contributed by atoms with Crippen LogP contribution in [-0.4, -0.2) is 32.9 Å². The molecular weight excluding hydrogens is 394 g/mol. The van der Waals surface area contributed by atoms with E-state index in [0.717, 1.165) is 31.0 Å². The van der Waals surface area contributed by atoms with Gasteiger partial charge in [0.2, 0.25) is 10.0 Å². The van der Waals surface area contributed by atoms with Gasteiger partial charge >= 0.3 is 5.97 Å². The lowest BCUT2D eigenvalue weighted by Crippen LogP contribution is -2.25. The Hall–Kier alpha value is -2.85. The number of sulfonamides is 1. The lowest BCUT2D eigenvalue weighted by molar-refractivity contribution is -0.119.